The van der Waals surface area contributed by atoms with Crippen LogP contribution in [-0.4, -0.2) is 37.2 Å². The van der Waals surface area contributed by atoms with E-state index in [0.717, 1.165) is 19.8 Å². The van der Waals surface area contributed by atoms with Crippen molar-refractivity contribution in [3.63, 3.8) is 0 Å². The minimum atomic E-state index is 0.431. The van der Waals surface area contributed by atoms with E-state index in [0.29, 0.717) is 11.5 Å². The third-order valence-electron chi connectivity index (χ3n) is 2.62. The van der Waals surface area contributed by atoms with Gasteiger partial charge >= 0.3 is 0 Å². The Kier molecular flexibility index (Phi) is 3.13. The van der Waals surface area contributed by atoms with Gasteiger partial charge in [0.1, 0.15) is 0 Å². The van der Waals surface area contributed by atoms with Crippen LogP contribution in [0.1, 0.15) is 27.7 Å². The Hall–Kier alpha value is -0.0800. The van der Waals surface area contributed by atoms with Gasteiger partial charge in [0.05, 0.1) is 13.2 Å². The van der Waals surface area contributed by atoms with Crippen LogP contribution in [0.25, 0.3) is 0 Å². The zero-order chi connectivity index (χ0) is 9.19. The van der Waals surface area contributed by atoms with E-state index in [1.54, 1.807) is 0 Å². The second kappa shape index (κ2) is 3.75. The maximum Gasteiger partial charge on any atom is 0.0554 e. The van der Waals surface area contributed by atoms with Gasteiger partial charge in [0.2, 0.25) is 0 Å². The van der Waals surface area contributed by atoms with Crippen molar-refractivity contribution < 1.29 is 4.74 Å². The molecule has 0 saturated carbocycles. The lowest BCUT2D eigenvalue weighted by atomic mass is 9.87. The Morgan fingerprint density at radius 2 is 2.00 bits per heavy atom. The van der Waals surface area contributed by atoms with E-state index in [9.17, 15) is 0 Å². The SMILES string of the molecule is CCN(CC1(C)COC1)C(C)C. The molecule has 0 bridgehead atoms. The smallest absolute Gasteiger partial charge is 0.0554 e. The van der Waals surface area contributed by atoms with Gasteiger partial charge in [-0.3, -0.25) is 0 Å². The summed E-state index contributed by atoms with van der Waals surface area (Å²) >= 11 is 0. The van der Waals surface area contributed by atoms with Crippen LogP contribution in [0, 0.1) is 5.41 Å². The first-order valence-electron chi connectivity index (χ1n) is 4.89. The molecule has 72 valence electrons. The molecule has 0 radical (unpaired) electrons. The van der Waals surface area contributed by atoms with Crippen LogP contribution in [0.5, 0.6) is 0 Å². The average Bonchev–Trinajstić information content (AvgIpc) is 1.96. The average molecular weight is 171 g/mol. The lowest BCUT2D eigenvalue weighted by Gasteiger charge is -2.42. The Morgan fingerprint density at radius 1 is 1.42 bits per heavy atom. The fraction of sp³-hybridized carbons (Fsp3) is 1.00. The van der Waals surface area contributed by atoms with E-state index in [4.69, 9.17) is 4.74 Å². The Morgan fingerprint density at radius 3 is 2.25 bits per heavy atom. The lowest BCUT2D eigenvalue weighted by Crippen LogP contribution is -2.50. The van der Waals surface area contributed by atoms with Gasteiger partial charge in [-0.05, 0) is 20.4 Å². The van der Waals surface area contributed by atoms with Crippen molar-refractivity contribution in [1.29, 1.82) is 0 Å². The summed E-state index contributed by atoms with van der Waals surface area (Å²) < 4.78 is 5.24. The number of nitrogens with zero attached hydrogens (tertiary/aromatic N) is 1. The van der Waals surface area contributed by atoms with Gasteiger partial charge in [-0.2, -0.15) is 0 Å². The second-order valence-corrected chi connectivity index (χ2v) is 4.46. The largest absolute Gasteiger partial charge is 0.380 e. The molecule has 1 aliphatic heterocycles. The van der Waals surface area contributed by atoms with Gasteiger partial charge < -0.3 is 9.64 Å². The topological polar surface area (TPSA) is 12.5 Å². The quantitative estimate of drug-likeness (QED) is 0.639. The van der Waals surface area contributed by atoms with Crippen molar-refractivity contribution in [2.75, 3.05) is 26.3 Å². The summed E-state index contributed by atoms with van der Waals surface area (Å²) in [6.45, 7) is 13.3. The summed E-state index contributed by atoms with van der Waals surface area (Å²) in [5, 5.41) is 0. The summed E-state index contributed by atoms with van der Waals surface area (Å²) in [5.74, 6) is 0. The summed E-state index contributed by atoms with van der Waals surface area (Å²) in [4.78, 5) is 2.50. The van der Waals surface area contributed by atoms with Gasteiger partial charge in [0.15, 0.2) is 0 Å². The van der Waals surface area contributed by atoms with E-state index in [2.05, 4.69) is 32.6 Å². The normalized spacial score (nSPS) is 21.5. The fourth-order valence-corrected chi connectivity index (χ4v) is 1.69. The molecule has 0 N–H and O–H groups in total. The molecule has 0 aromatic carbocycles. The molecule has 2 heteroatoms. The molecule has 0 aromatic heterocycles. The molecule has 1 saturated heterocycles. The van der Waals surface area contributed by atoms with Crippen LogP contribution in [0.3, 0.4) is 0 Å². The van der Waals surface area contributed by atoms with E-state index < -0.39 is 0 Å². The zero-order valence-electron chi connectivity index (χ0n) is 8.76. The molecular formula is C10H21NO. The fourth-order valence-electron chi connectivity index (χ4n) is 1.69. The molecule has 0 spiro atoms. The highest BCUT2D eigenvalue weighted by atomic mass is 16.5. The maximum atomic E-state index is 5.24. The monoisotopic (exact) mass is 171 g/mol. The number of rotatable bonds is 4. The molecule has 1 aliphatic rings. The predicted octanol–water partition coefficient (Wildman–Crippen LogP) is 1.75. The molecule has 12 heavy (non-hydrogen) atoms. The van der Waals surface area contributed by atoms with Gasteiger partial charge in [0.25, 0.3) is 0 Å². The third-order valence-corrected chi connectivity index (χ3v) is 2.62. The molecule has 1 rings (SSSR count). The van der Waals surface area contributed by atoms with Crippen LogP contribution in [0.15, 0.2) is 0 Å². The third kappa shape index (κ3) is 2.20. The van der Waals surface area contributed by atoms with Crippen molar-refractivity contribution in [1.82, 2.24) is 4.90 Å². The molecule has 0 aliphatic carbocycles. The summed E-state index contributed by atoms with van der Waals surface area (Å²) in [7, 11) is 0. The van der Waals surface area contributed by atoms with Gasteiger partial charge in [-0.25, -0.2) is 0 Å². The van der Waals surface area contributed by atoms with E-state index in [-0.39, 0.29) is 0 Å². The number of ether oxygens (including phenoxy) is 1. The first-order chi connectivity index (χ1) is 5.57. The summed E-state index contributed by atoms with van der Waals surface area (Å²) in [6.07, 6.45) is 0. The maximum absolute atomic E-state index is 5.24. The van der Waals surface area contributed by atoms with Crippen molar-refractivity contribution in [3.8, 4) is 0 Å². The van der Waals surface area contributed by atoms with Gasteiger partial charge in [-0.15, -0.1) is 0 Å². The van der Waals surface area contributed by atoms with Crippen LogP contribution in [-0.2, 0) is 4.74 Å². The van der Waals surface area contributed by atoms with Gasteiger partial charge in [0, 0.05) is 18.0 Å². The standard InChI is InChI=1S/C10H21NO/c1-5-11(9(2)3)6-10(4)7-12-8-10/h9H,5-8H2,1-4H3. The molecular weight excluding hydrogens is 150 g/mol. The van der Waals surface area contributed by atoms with Crippen LogP contribution in [0.2, 0.25) is 0 Å². The van der Waals surface area contributed by atoms with E-state index in [1.807, 2.05) is 0 Å². The van der Waals surface area contributed by atoms with Crippen LogP contribution < -0.4 is 0 Å². The highest BCUT2D eigenvalue weighted by Gasteiger charge is 2.35. The van der Waals surface area contributed by atoms with Crippen molar-refractivity contribution >= 4 is 0 Å². The van der Waals surface area contributed by atoms with Crippen molar-refractivity contribution in [2.45, 2.75) is 33.7 Å². The molecule has 0 unspecified atom stereocenters. The first-order valence-corrected chi connectivity index (χ1v) is 4.89. The Balaban J connectivity index is 2.36. The lowest BCUT2D eigenvalue weighted by molar-refractivity contribution is -0.117. The second-order valence-electron chi connectivity index (χ2n) is 4.46. The number of hydrogen-bond donors (Lipinski definition) is 0. The molecule has 1 fully saturated rings. The predicted molar refractivity (Wildman–Crippen MR) is 51.3 cm³/mol. The molecule has 0 aromatic rings. The highest BCUT2D eigenvalue weighted by Crippen LogP contribution is 2.27. The minimum Gasteiger partial charge on any atom is -0.380 e. The minimum absolute atomic E-state index is 0.431. The van der Waals surface area contributed by atoms with Crippen LogP contribution >= 0.6 is 0 Å². The zero-order valence-corrected chi connectivity index (χ0v) is 8.76. The Bertz CT molecular complexity index is 141. The van der Waals surface area contributed by atoms with Crippen molar-refractivity contribution in [3.05, 3.63) is 0 Å². The molecule has 1 heterocycles. The molecule has 0 atom stereocenters. The molecule has 0 amide bonds. The summed E-state index contributed by atoms with van der Waals surface area (Å²) in [5.41, 5.74) is 0.431. The molecule has 2 nitrogen and oxygen atoms in total. The van der Waals surface area contributed by atoms with E-state index in [1.165, 1.54) is 6.54 Å². The Labute approximate surface area is 75.9 Å². The summed E-state index contributed by atoms with van der Waals surface area (Å²) in [6, 6.07) is 0.660. The van der Waals surface area contributed by atoms with E-state index >= 15 is 0 Å². The first kappa shape index (κ1) is 10.0. The van der Waals surface area contributed by atoms with Gasteiger partial charge in [-0.1, -0.05) is 13.8 Å². The highest BCUT2D eigenvalue weighted by molar-refractivity contribution is 4.84. The number of hydrogen-bond acceptors (Lipinski definition) is 2. The van der Waals surface area contributed by atoms with Crippen molar-refractivity contribution in [2.24, 2.45) is 5.41 Å². The van der Waals surface area contributed by atoms with Crippen LogP contribution in [0.4, 0.5) is 0 Å².